The summed E-state index contributed by atoms with van der Waals surface area (Å²) in [6.07, 6.45) is 0. The number of rotatable bonds is 8. The van der Waals surface area contributed by atoms with Crippen molar-refractivity contribution in [3.8, 4) is 5.75 Å². The van der Waals surface area contributed by atoms with Gasteiger partial charge in [0.1, 0.15) is 12.4 Å². The number of nitro groups is 1. The van der Waals surface area contributed by atoms with Crippen LogP contribution < -0.4 is 10.1 Å². The quantitative estimate of drug-likeness (QED) is 0.588. The van der Waals surface area contributed by atoms with Gasteiger partial charge >= 0.3 is 0 Å². The predicted octanol–water partition coefficient (Wildman–Crippen LogP) is 2.47. The average molecular weight is 343 g/mol. The van der Waals surface area contributed by atoms with Crippen molar-refractivity contribution < 1.29 is 14.5 Å². The van der Waals surface area contributed by atoms with Gasteiger partial charge in [-0.2, -0.15) is 0 Å². The molecule has 132 valence electrons. The lowest BCUT2D eigenvalue weighted by atomic mass is 10.1. The zero-order valence-corrected chi connectivity index (χ0v) is 14.3. The fourth-order valence-electron chi connectivity index (χ4n) is 2.11. The van der Waals surface area contributed by atoms with Crippen LogP contribution in [0.1, 0.15) is 15.9 Å². The smallest absolute Gasteiger partial charge is 0.269 e. The Labute approximate surface area is 146 Å². The SMILES string of the molecule is CN(C)CCOc1cccc(CNC(=O)c2ccc([N+](=O)[O-])cc2)c1. The minimum absolute atomic E-state index is 0.0425. The molecule has 0 saturated carbocycles. The summed E-state index contributed by atoms with van der Waals surface area (Å²) in [6, 6.07) is 13.0. The normalized spacial score (nSPS) is 10.5. The van der Waals surface area contributed by atoms with Crippen molar-refractivity contribution in [2.24, 2.45) is 0 Å². The lowest BCUT2D eigenvalue weighted by Crippen LogP contribution is -2.22. The third-order valence-electron chi connectivity index (χ3n) is 3.50. The van der Waals surface area contributed by atoms with Crippen molar-refractivity contribution in [2.45, 2.75) is 6.54 Å². The fourth-order valence-corrected chi connectivity index (χ4v) is 2.11. The molecule has 0 atom stereocenters. The minimum Gasteiger partial charge on any atom is -0.492 e. The van der Waals surface area contributed by atoms with E-state index < -0.39 is 4.92 Å². The van der Waals surface area contributed by atoms with E-state index in [0.717, 1.165) is 17.9 Å². The first-order valence-electron chi connectivity index (χ1n) is 7.85. The van der Waals surface area contributed by atoms with Gasteiger partial charge in [-0.1, -0.05) is 12.1 Å². The Hall–Kier alpha value is -2.93. The van der Waals surface area contributed by atoms with Gasteiger partial charge in [-0.15, -0.1) is 0 Å². The first kappa shape index (κ1) is 18.4. The summed E-state index contributed by atoms with van der Waals surface area (Å²) in [5.74, 6) is 0.470. The van der Waals surface area contributed by atoms with Gasteiger partial charge in [-0.3, -0.25) is 14.9 Å². The topological polar surface area (TPSA) is 84.7 Å². The largest absolute Gasteiger partial charge is 0.492 e. The van der Waals surface area contributed by atoms with Crippen molar-refractivity contribution in [3.63, 3.8) is 0 Å². The molecular formula is C18H21N3O4. The second-order valence-electron chi connectivity index (χ2n) is 5.79. The number of nitrogens with zero attached hydrogens (tertiary/aromatic N) is 2. The molecule has 25 heavy (non-hydrogen) atoms. The van der Waals surface area contributed by atoms with Gasteiger partial charge < -0.3 is 15.0 Å². The Kier molecular flexibility index (Phi) is 6.47. The Morgan fingerprint density at radius 2 is 1.92 bits per heavy atom. The van der Waals surface area contributed by atoms with E-state index in [-0.39, 0.29) is 11.6 Å². The lowest BCUT2D eigenvalue weighted by molar-refractivity contribution is -0.384. The molecule has 7 nitrogen and oxygen atoms in total. The van der Waals surface area contributed by atoms with Crippen molar-refractivity contribution in [3.05, 3.63) is 69.8 Å². The van der Waals surface area contributed by atoms with E-state index in [1.54, 1.807) is 0 Å². The molecule has 0 heterocycles. The Balaban J connectivity index is 1.89. The molecule has 0 radical (unpaired) electrons. The highest BCUT2D eigenvalue weighted by atomic mass is 16.6. The van der Waals surface area contributed by atoms with E-state index in [2.05, 4.69) is 5.32 Å². The number of non-ortho nitro benzene ring substituents is 1. The van der Waals surface area contributed by atoms with Gasteiger partial charge in [0.15, 0.2) is 0 Å². The summed E-state index contributed by atoms with van der Waals surface area (Å²) < 4.78 is 5.67. The molecule has 0 fully saturated rings. The van der Waals surface area contributed by atoms with Crippen LogP contribution in [0.15, 0.2) is 48.5 Å². The number of nitrogens with one attached hydrogen (secondary N) is 1. The molecule has 7 heteroatoms. The molecule has 0 saturated heterocycles. The van der Waals surface area contributed by atoms with Gasteiger partial charge in [0.2, 0.25) is 0 Å². The average Bonchev–Trinajstić information content (AvgIpc) is 2.60. The monoisotopic (exact) mass is 343 g/mol. The Morgan fingerprint density at radius 3 is 2.56 bits per heavy atom. The van der Waals surface area contributed by atoms with E-state index in [1.165, 1.54) is 24.3 Å². The number of benzene rings is 2. The summed E-state index contributed by atoms with van der Waals surface area (Å²) in [4.78, 5) is 24.3. The molecule has 0 aromatic heterocycles. The molecule has 2 aromatic rings. The number of carbonyl (C=O) groups excluding carboxylic acids is 1. The molecule has 2 aromatic carbocycles. The maximum Gasteiger partial charge on any atom is 0.269 e. The third-order valence-corrected chi connectivity index (χ3v) is 3.50. The van der Waals surface area contributed by atoms with Crippen molar-refractivity contribution in [1.29, 1.82) is 0 Å². The van der Waals surface area contributed by atoms with E-state index in [4.69, 9.17) is 4.74 Å². The number of nitro benzene ring substituents is 1. The van der Waals surface area contributed by atoms with Crippen LogP contribution in [0.3, 0.4) is 0 Å². The van der Waals surface area contributed by atoms with Crippen LogP contribution in [-0.2, 0) is 6.54 Å². The summed E-state index contributed by atoms with van der Waals surface area (Å²) in [5, 5.41) is 13.4. The molecule has 2 rings (SSSR count). The van der Waals surface area contributed by atoms with Crippen molar-refractivity contribution in [1.82, 2.24) is 10.2 Å². The highest BCUT2D eigenvalue weighted by molar-refractivity contribution is 5.94. The van der Waals surface area contributed by atoms with Crippen molar-refractivity contribution in [2.75, 3.05) is 27.2 Å². The second kappa shape index (κ2) is 8.79. The lowest BCUT2D eigenvalue weighted by Gasteiger charge is -2.12. The van der Waals surface area contributed by atoms with E-state index >= 15 is 0 Å². The molecule has 0 bridgehead atoms. The first-order chi connectivity index (χ1) is 12.0. The van der Waals surface area contributed by atoms with Crippen LogP contribution in [0.25, 0.3) is 0 Å². The molecule has 0 spiro atoms. The summed E-state index contributed by atoms with van der Waals surface area (Å²) in [6.45, 7) is 1.76. The van der Waals surface area contributed by atoms with Crippen LogP contribution in [0.4, 0.5) is 5.69 Å². The summed E-state index contributed by atoms with van der Waals surface area (Å²) in [5.41, 5.74) is 1.25. The van der Waals surface area contributed by atoms with Crippen LogP contribution in [0.2, 0.25) is 0 Å². The molecule has 0 unspecified atom stereocenters. The highest BCUT2D eigenvalue weighted by Crippen LogP contribution is 2.14. The van der Waals surface area contributed by atoms with Gasteiger partial charge in [0.05, 0.1) is 4.92 Å². The fraction of sp³-hybridized carbons (Fsp3) is 0.278. The molecule has 1 amide bonds. The van der Waals surface area contributed by atoms with Gasteiger partial charge in [-0.05, 0) is 43.9 Å². The van der Waals surface area contributed by atoms with Gasteiger partial charge in [0.25, 0.3) is 11.6 Å². The molecule has 0 aliphatic carbocycles. The minimum atomic E-state index is -0.497. The van der Waals surface area contributed by atoms with Crippen molar-refractivity contribution >= 4 is 11.6 Å². The number of likely N-dealkylation sites (N-methyl/N-ethyl adjacent to an activating group) is 1. The number of hydrogen-bond donors (Lipinski definition) is 1. The Bertz CT molecular complexity index is 729. The highest BCUT2D eigenvalue weighted by Gasteiger charge is 2.09. The van der Waals surface area contributed by atoms with Crippen LogP contribution in [0, 0.1) is 10.1 Å². The van der Waals surface area contributed by atoms with Crippen LogP contribution in [-0.4, -0.2) is 43.0 Å². The molecule has 1 N–H and O–H groups in total. The van der Waals surface area contributed by atoms with Gasteiger partial charge in [-0.25, -0.2) is 0 Å². The maximum atomic E-state index is 12.1. The van der Waals surface area contributed by atoms with E-state index in [9.17, 15) is 14.9 Å². The zero-order valence-electron chi connectivity index (χ0n) is 14.3. The summed E-state index contributed by atoms with van der Waals surface area (Å²) >= 11 is 0. The van der Waals surface area contributed by atoms with Crippen LogP contribution >= 0.6 is 0 Å². The maximum absolute atomic E-state index is 12.1. The zero-order chi connectivity index (χ0) is 18.2. The van der Waals surface area contributed by atoms with Crippen LogP contribution in [0.5, 0.6) is 5.75 Å². The first-order valence-corrected chi connectivity index (χ1v) is 7.85. The number of carbonyl (C=O) groups is 1. The Morgan fingerprint density at radius 1 is 1.20 bits per heavy atom. The number of hydrogen-bond acceptors (Lipinski definition) is 5. The standard InChI is InChI=1S/C18H21N3O4/c1-20(2)10-11-25-17-5-3-4-14(12-17)13-19-18(22)15-6-8-16(9-7-15)21(23)24/h3-9,12H,10-11,13H2,1-2H3,(H,19,22). The molecular weight excluding hydrogens is 322 g/mol. The van der Waals surface area contributed by atoms with E-state index in [1.807, 2.05) is 43.3 Å². The number of amides is 1. The van der Waals surface area contributed by atoms with E-state index in [0.29, 0.717) is 18.7 Å². The third kappa shape index (κ3) is 5.89. The number of ether oxygens (including phenoxy) is 1. The predicted molar refractivity (Wildman–Crippen MR) is 94.8 cm³/mol. The molecule has 0 aliphatic heterocycles. The van der Waals surface area contributed by atoms with Gasteiger partial charge in [0, 0.05) is 30.8 Å². The second-order valence-corrected chi connectivity index (χ2v) is 5.79. The molecule has 0 aliphatic rings. The summed E-state index contributed by atoms with van der Waals surface area (Å²) in [7, 11) is 3.96.